The number of carbonyl (C=O) groups excluding carboxylic acids is 8. The third kappa shape index (κ3) is 32.0. The number of esters is 8. The molecular formula is C94H107NO18Si2. The summed E-state index contributed by atoms with van der Waals surface area (Å²) >= 11 is 0. The van der Waals surface area contributed by atoms with Crippen molar-refractivity contribution in [2.24, 2.45) is 5.92 Å². The molecule has 1 aliphatic carbocycles. The molecule has 21 heteroatoms. The number of nitrogens with zero attached hydrogens (tertiary/aromatic N) is 1. The molecule has 9 rings (SSSR count). The van der Waals surface area contributed by atoms with E-state index in [0.29, 0.717) is 102 Å². The molecule has 0 saturated heterocycles. The molecule has 0 amide bonds. The predicted molar refractivity (Wildman–Crippen MR) is 452 cm³/mol. The van der Waals surface area contributed by atoms with Crippen molar-refractivity contribution < 1.29 is 85.7 Å². The zero-order chi connectivity index (χ0) is 82.8. The van der Waals surface area contributed by atoms with Gasteiger partial charge in [0.05, 0.1) is 89.7 Å². The normalized spacial score (nSPS) is 12.8. The molecule has 115 heavy (non-hydrogen) atoms. The van der Waals surface area contributed by atoms with E-state index in [1.807, 2.05) is 66.7 Å². The number of ether oxygens (including phenoxy) is 10. The average Bonchev–Trinajstić information content (AvgIpc) is 0.801. The van der Waals surface area contributed by atoms with E-state index in [4.69, 9.17) is 52.6 Å². The number of benzene rings is 8. The third-order valence-corrected chi connectivity index (χ3v) is 26.6. The number of nitriles is 1. The second kappa shape index (κ2) is 48.4. The van der Waals surface area contributed by atoms with Crippen LogP contribution < -0.4 is 38.8 Å². The smallest absolute Gasteiger partial charge is 0.343 e. The molecule has 8 aromatic carbocycles. The SMILES string of the molecule is C=CC(=O)OCCCCCCOc1ccc(C(=O)Oc2ccc(C#N)cc2)cc1.C=CC(=O)OCCCCCCOc1ccc(C(=O)Oc2ccc(C3CCC(CCC)CC3)cc2)cc1.C=CC(=O)OCCC[Si](C)(C)c1ccc(OC(=O)c2ccc3cc(C(=O)Oc4ccc([Si](C)(C)CCCOC(=O)C=C)cc4)ccc3c2)cc1. The summed E-state index contributed by atoms with van der Waals surface area (Å²) in [5.41, 5.74) is 3.55. The molecule has 0 radical (unpaired) electrons. The summed E-state index contributed by atoms with van der Waals surface area (Å²) in [6.07, 6.45) is 21.3. The van der Waals surface area contributed by atoms with Crippen LogP contribution in [-0.4, -0.2) is 104 Å². The quantitative estimate of drug-likeness (QED) is 0.00862. The van der Waals surface area contributed by atoms with Crippen LogP contribution in [0.15, 0.2) is 233 Å². The Balaban J connectivity index is 0.000000249. The van der Waals surface area contributed by atoms with Gasteiger partial charge in [-0.25, -0.2) is 38.4 Å². The van der Waals surface area contributed by atoms with Gasteiger partial charge in [0.25, 0.3) is 0 Å². The number of unbranched alkanes of at least 4 members (excludes halogenated alkanes) is 6. The lowest BCUT2D eigenvalue weighted by molar-refractivity contribution is -0.138. The molecular weight excluding hydrogens is 1490 g/mol. The Hall–Kier alpha value is -11.7. The molecule has 0 spiro atoms. The molecule has 0 unspecified atom stereocenters. The Morgan fingerprint density at radius 2 is 0.678 bits per heavy atom. The van der Waals surface area contributed by atoms with Crippen molar-refractivity contribution in [2.45, 2.75) is 154 Å². The van der Waals surface area contributed by atoms with Crippen LogP contribution >= 0.6 is 0 Å². The lowest BCUT2D eigenvalue weighted by Crippen LogP contribution is -2.41. The Labute approximate surface area is 678 Å². The summed E-state index contributed by atoms with van der Waals surface area (Å²) in [5.74, 6) is 1.40. The molecule has 1 aliphatic rings. The van der Waals surface area contributed by atoms with E-state index >= 15 is 0 Å². The van der Waals surface area contributed by atoms with E-state index in [1.54, 1.807) is 109 Å². The van der Waals surface area contributed by atoms with Gasteiger partial charge in [-0.3, -0.25) is 0 Å². The fraction of sp³-hybridized carbons (Fsp3) is 0.330. The standard InChI is InChI=1S/C40H44O8Si2.C31H40O5.C23H23NO5/c1-7-37(41)45-23-9-25-49(3,4)35-19-15-33(16-20-35)47-39(43)31-13-11-30-28-32(14-12-29(30)27-31)40(44)48-34-17-21-36(22-18-34)50(5,6)26-10-24-46-38(42)8-2;1-3-9-24-10-12-25(13-11-24)26-14-20-29(21-15-26)36-31(33)27-16-18-28(19-17-27)34-22-7-5-6-8-23-35-30(32)4-2;1-2-22(25)28-16-6-4-3-5-15-27-20-13-9-19(10-14-20)23(26)29-21-11-7-18(17-24)8-12-21/h7-8,11-22,27-28H,1-2,9-10,23-26H2,3-6H3;4,14-21,24-25H,2-3,5-13,22-23H2,1H3;2,7-14H,1,3-6,15-16H2. The van der Waals surface area contributed by atoms with E-state index in [-0.39, 0.29) is 11.9 Å². The van der Waals surface area contributed by atoms with Crippen LogP contribution in [0.2, 0.25) is 38.3 Å². The largest absolute Gasteiger partial charge is 0.494 e. The number of carbonyl (C=O) groups is 8. The van der Waals surface area contributed by atoms with Gasteiger partial charge in [-0.1, -0.05) is 143 Å². The summed E-state index contributed by atoms with van der Waals surface area (Å²) in [4.78, 5) is 95.1. The first-order valence-corrected chi connectivity index (χ1v) is 45.8. The molecule has 8 aromatic rings. The van der Waals surface area contributed by atoms with Crippen molar-refractivity contribution in [3.8, 4) is 40.6 Å². The first-order chi connectivity index (χ1) is 55.5. The fourth-order valence-corrected chi connectivity index (χ4v) is 17.6. The van der Waals surface area contributed by atoms with Crippen LogP contribution in [0.4, 0.5) is 0 Å². The zero-order valence-corrected chi connectivity index (χ0v) is 68.9. The van der Waals surface area contributed by atoms with Gasteiger partial charge in [-0.2, -0.15) is 5.26 Å². The van der Waals surface area contributed by atoms with E-state index in [9.17, 15) is 38.4 Å². The van der Waals surface area contributed by atoms with E-state index < -0.39 is 52.0 Å². The topological polar surface area (TPSA) is 253 Å². The Bertz CT molecular complexity index is 4400. The lowest BCUT2D eigenvalue weighted by Gasteiger charge is -2.28. The minimum absolute atomic E-state index is 0.366. The molecule has 604 valence electrons. The molecule has 0 aliphatic heterocycles. The molecule has 0 heterocycles. The summed E-state index contributed by atoms with van der Waals surface area (Å²) < 4.78 is 53.7. The van der Waals surface area contributed by atoms with Gasteiger partial charge in [0.15, 0.2) is 0 Å². The molecule has 0 atom stereocenters. The Morgan fingerprint density at radius 3 is 1.02 bits per heavy atom. The summed E-state index contributed by atoms with van der Waals surface area (Å²) in [6, 6.07) is 57.7. The predicted octanol–water partition coefficient (Wildman–Crippen LogP) is 19.4. The second-order valence-electron chi connectivity index (χ2n) is 29.1. The van der Waals surface area contributed by atoms with Gasteiger partial charge in [-0.05, 0) is 252 Å². The van der Waals surface area contributed by atoms with E-state index in [1.165, 1.54) is 72.7 Å². The lowest BCUT2D eigenvalue weighted by atomic mass is 9.77. The first kappa shape index (κ1) is 90.5. The highest BCUT2D eigenvalue weighted by molar-refractivity contribution is 6.90. The van der Waals surface area contributed by atoms with Gasteiger partial charge in [0.2, 0.25) is 0 Å². The van der Waals surface area contributed by atoms with E-state index in [0.717, 1.165) is 105 Å². The number of rotatable bonds is 41. The minimum Gasteiger partial charge on any atom is -0.494 e. The maximum atomic E-state index is 13.0. The molecule has 19 nitrogen and oxygen atoms in total. The second-order valence-corrected chi connectivity index (χ2v) is 38.8. The highest BCUT2D eigenvalue weighted by Crippen LogP contribution is 2.38. The van der Waals surface area contributed by atoms with Crippen LogP contribution in [-0.2, 0) is 38.1 Å². The first-order valence-electron chi connectivity index (χ1n) is 39.4. The monoisotopic (exact) mass is 1590 g/mol. The number of hydrogen-bond acceptors (Lipinski definition) is 19. The number of hydrogen-bond donors (Lipinski definition) is 0. The van der Waals surface area contributed by atoms with Crippen molar-refractivity contribution in [1.82, 2.24) is 0 Å². The fourth-order valence-electron chi connectivity index (χ4n) is 12.8. The highest BCUT2D eigenvalue weighted by atomic mass is 28.3. The van der Waals surface area contributed by atoms with Crippen molar-refractivity contribution in [3.05, 3.63) is 266 Å². The third-order valence-electron chi connectivity index (χ3n) is 19.6. The zero-order valence-electron chi connectivity index (χ0n) is 66.9. The van der Waals surface area contributed by atoms with Crippen LogP contribution in [0.1, 0.15) is 168 Å². The van der Waals surface area contributed by atoms with Crippen molar-refractivity contribution in [1.29, 1.82) is 5.26 Å². The maximum absolute atomic E-state index is 13.0. The van der Waals surface area contributed by atoms with Gasteiger partial charge in [0.1, 0.15) is 34.5 Å². The van der Waals surface area contributed by atoms with Crippen LogP contribution in [0.5, 0.6) is 34.5 Å². The van der Waals surface area contributed by atoms with Crippen LogP contribution in [0.25, 0.3) is 10.8 Å². The highest BCUT2D eigenvalue weighted by Gasteiger charge is 2.26. The van der Waals surface area contributed by atoms with Crippen molar-refractivity contribution >= 4 is 85.0 Å². The minimum atomic E-state index is -1.78. The molecule has 0 N–H and O–H groups in total. The van der Waals surface area contributed by atoms with Gasteiger partial charge in [0, 0.05) is 24.3 Å². The van der Waals surface area contributed by atoms with Crippen LogP contribution in [0.3, 0.4) is 0 Å². The summed E-state index contributed by atoms with van der Waals surface area (Å²) in [6.45, 7) is 27.5. The maximum Gasteiger partial charge on any atom is 0.343 e. The average molecular weight is 1600 g/mol. The molecule has 0 bridgehead atoms. The summed E-state index contributed by atoms with van der Waals surface area (Å²) in [5, 5.41) is 12.8. The molecule has 1 saturated carbocycles. The summed E-state index contributed by atoms with van der Waals surface area (Å²) in [7, 11) is -3.55. The van der Waals surface area contributed by atoms with Gasteiger partial charge >= 0.3 is 47.8 Å². The van der Waals surface area contributed by atoms with Crippen molar-refractivity contribution in [2.75, 3.05) is 39.6 Å². The van der Waals surface area contributed by atoms with Gasteiger partial charge < -0.3 is 47.4 Å². The number of fused-ring (bicyclic) bond motifs is 1. The van der Waals surface area contributed by atoms with Gasteiger partial charge in [-0.15, -0.1) is 0 Å². The van der Waals surface area contributed by atoms with Crippen molar-refractivity contribution in [3.63, 3.8) is 0 Å². The molecule has 1 fully saturated rings. The Kier molecular flexibility index (Phi) is 38.0. The van der Waals surface area contributed by atoms with Crippen LogP contribution in [0, 0.1) is 17.2 Å². The molecule has 0 aromatic heterocycles. The van der Waals surface area contributed by atoms with E-state index in [2.05, 4.69) is 71.6 Å². The Morgan fingerprint density at radius 1 is 0.374 bits per heavy atom.